The van der Waals surface area contributed by atoms with Crippen molar-refractivity contribution in [3.05, 3.63) is 27.7 Å². The number of rotatable bonds is 3. The van der Waals surface area contributed by atoms with Gasteiger partial charge in [-0.1, -0.05) is 36.7 Å². The van der Waals surface area contributed by atoms with E-state index in [1.54, 1.807) is 6.92 Å². The van der Waals surface area contributed by atoms with Crippen LogP contribution in [0.15, 0.2) is 21.5 Å². The molecule has 1 aromatic rings. The SMILES string of the molecule is Cc1c(Br)cc(S(=O)(=O)Cl)cc1C(=O)NCC(C)(C)C. The summed E-state index contributed by atoms with van der Waals surface area (Å²) in [4.78, 5) is 12.1. The molecular weight excluding hydrogens is 366 g/mol. The Morgan fingerprint density at radius 3 is 2.35 bits per heavy atom. The molecule has 0 heterocycles. The number of carbonyl (C=O) groups is 1. The van der Waals surface area contributed by atoms with Crippen molar-refractivity contribution in [2.24, 2.45) is 5.41 Å². The third kappa shape index (κ3) is 4.75. The predicted molar refractivity (Wildman–Crippen MR) is 83.7 cm³/mol. The molecule has 0 fully saturated rings. The molecule has 0 saturated carbocycles. The second kappa shape index (κ2) is 6.03. The van der Waals surface area contributed by atoms with Gasteiger partial charge in [0, 0.05) is 27.3 Å². The molecule has 1 N–H and O–H groups in total. The van der Waals surface area contributed by atoms with Gasteiger partial charge in [0.05, 0.1) is 4.90 Å². The molecule has 0 unspecified atom stereocenters. The van der Waals surface area contributed by atoms with Crippen LogP contribution in [-0.4, -0.2) is 20.9 Å². The van der Waals surface area contributed by atoms with Crippen molar-refractivity contribution >= 4 is 41.6 Å². The van der Waals surface area contributed by atoms with Gasteiger partial charge in [0.25, 0.3) is 15.0 Å². The third-order valence-corrected chi connectivity index (χ3v) is 4.78. The smallest absolute Gasteiger partial charge is 0.261 e. The first-order valence-corrected chi connectivity index (χ1v) is 9.05. The van der Waals surface area contributed by atoms with Gasteiger partial charge in [0.2, 0.25) is 0 Å². The highest BCUT2D eigenvalue weighted by molar-refractivity contribution is 9.10. The first-order chi connectivity index (χ1) is 8.92. The molecule has 0 spiro atoms. The second-order valence-corrected chi connectivity index (χ2v) is 9.18. The van der Waals surface area contributed by atoms with E-state index in [9.17, 15) is 13.2 Å². The molecule has 1 rings (SSSR count). The van der Waals surface area contributed by atoms with E-state index in [-0.39, 0.29) is 16.2 Å². The van der Waals surface area contributed by atoms with Crippen LogP contribution in [0.5, 0.6) is 0 Å². The van der Waals surface area contributed by atoms with E-state index in [1.165, 1.54) is 12.1 Å². The van der Waals surface area contributed by atoms with E-state index in [0.29, 0.717) is 22.1 Å². The number of benzene rings is 1. The number of hydrogen-bond donors (Lipinski definition) is 1. The number of halogens is 2. The van der Waals surface area contributed by atoms with Crippen LogP contribution >= 0.6 is 26.6 Å². The summed E-state index contributed by atoms with van der Waals surface area (Å²) in [6, 6.07) is 2.68. The van der Waals surface area contributed by atoms with Gasteiger partial charge >= 0.3 is 0 Å². The van der Waals surface area contributed by atoms with E-state index < -0.39 is 9.05 Å². The molecule has 0 aliphatic heterocycles. The van der Waals surface area contributed by atoms with Crippen LogP contribution in [0.1, 0.15) is 36.7 Å². The maximum absolute atomic E-state index is 12.2. The summed E-state index contributed by atoms with van der Waals surface area (Å²) in [7, 11) is 1.45. The van der Waals surface area contributed by atoms with Crippen LogP contribution in [0.25, 0.3) is 0 Å². The summed E-state index contributed by atoms with van der Waals surface area (Å²) in [5.74, 6) is -0.319. The largest absolute Gasteiger partial charge is 0.352 e. The van der Waals surface area contributed by atoms with Gasteiger partial charge in [-0.2, -0.15) is 0 Å². The average molecular weight is 383 g/mol. The van der Waals surface area contributed by atoms with Crippen LogP contribution in [0, 0.1) is 12.3 Å². The van der Waals surface area contributed by atoms with Gasteiger partial charge in [-0.05, 0) is 30.0 Å². The Bertz CT molecular complexity index is 636. The zero-order chi connectivity index (χ0) is 15.7. The highest BCUT2D eigenvalue weighted by Gasteiger charge is 2.20. The van der Waals surface area contributed by atoms with Crippen LogP contribution in [0.3, 0.4) is 0 Å². The number of amides is 1. The van der Waals surface area contributed by atoms with Gasteiger partial charge in [0.1, 0.15) is 0 Å². The molecule has 0 aliphatic carbocycles. The van der Waals surface area contributed by atoms with Crippen LogP contribution < -0.4 is 5.32 Å². The first-order valence-electron chi connectivity index (χ1n) is 5.95. The lowest BCUT2D eigenvalue weighted by molar-refractivity contribution is 0.0938. The fourth-order valence-corrected chi connectivity index (χ4v) is 2.87. The lowest BCUT2D eigenvalue weighted by Crippen LogP contribution is -2.32. The predicted octanol–water partition coefficient (Wildman–Crippen LogP) is 3.46. The Morgan fingerprint density at radius 1 is 1.35 bits per heavy atom. The summed E-state index contributed by atoms with van der Waals surface area (Å²) in [6.45, 7) is 8.21. The van der Waals surface area contributed by atoms with E-state index in [0.717, 1.165) is 0 Å². The van der Waals surface area contributed by atoms with E-state index >= 15 is 0 Å². The van der Waals surface area contributed by atoms with Gasteiger partial charge in [-0.3, -0.25) is 4.79 Å². The molecule has 20 heavy (non-hydrogen) atoms. The lowest BCUT2D eigenvalue weighted by Gasteiger charge is -2.19. The van der Waals surface area contributed by atoms with Gasteiger partial charge in [-0.25, -0.2) is 8.42 Å². The summed E-state index contributed by atoms with van der Waals surface area (Å²) in [5, 5.41) is 2.79. The molecule has 0 saturated heterocycles. The minimum Gasteiger partial charge on any atom is -0.352 e. The fraction of sp³-hybridized carbons (Fsp3) is 0.462. The molecule has 1 amide bonds. The fourth-order valence-electron chi connectivity index (χ4n) is 1.47. The van der Waals surface area contributed by atoms with Crippen molar-refractivity contribution < 1.29 is 13.2 Å². The standard InChI is InChI=1S/C13H17BrClNO3S/c1-8-10(12(17)16-7-13(2,3)4)5-9(6-11(8)14)20(15,18)19/h5-6H,7H2,1-4H3,(H,16,17). The molecule has 0 aromatic heterocycles. The molecule has 0 aliphatic rings. The minimum atomic E-state index is -3.88. The highest BCUT2D eigenvalue weighted by Crippen LogP contribution is 2.27. The Balaban J connectivity index is 3.18. The summed E-state index contributed by atoms with van der Waals surface area (Å²) in [5.41, 5.74) is 0.903. The van der Waals surface area contributed by atoms with Crippen molar-refractivity contribution in [3.8, 4) is 0 Å². The molecular formula is C13H17BrClNO3S. The van der Waals surface area contributed by atoms with Crippen molar-refractivity contribution in [1.29, 1.82) is 0 Å². The van der Waals surface area contributed by atoms with Crippen LogP contribution in [0.2, 0.25) is 0 Å². The van der Waals surface area contributed by atoms with Gasteiger partial charge < -0.3 is 5.32 Å². The summed E-state index contributed by atoms with van der Waals surface area (Å²) in [6.07, 6.45) is 0. The normalized spacial score (nSPS) is 12.3. The Labute approximate surface area is 132 Å². The minimum absolute atomic E-state index is 0.0586. The van der Waals surface area contributed by atoms with Crippen molar-refractivity contribution in [2.75, 3.05) is 6.54 Å². The molecule has 7 heteroatoms. The Morgan fingerprint density at radius 2 is 1.90 bits per heavy atom. The molecule has 112 valence electrons. The lowest BCUT2D eigenvalue weighted by atomic mass is 9.96. The summed E-state index contributed by atoms with van der Waals surface area (Å²) >= 11 is 3.25. The quantitative estimate of drug-likeness (QED) is 0.814. The van der Waals surface area contributed by atoms with Gasteiger partial charge in [-0.15, -0.1) is 0 Å². The number of hydrogen-bond acceptors (Lipinski definition) is 3. The van der Waals surface area contributed by atoms with E-state index in [2.05, 4.69) is 21.2 Å². The Hall–Kier alpha value is -0.590. The summed E-state index contributed by atoms with van der Waals surface area (Å²) < 4.78 is 23.3. The monoisotopic (exact) mass is 381 g/mol. The van der Waals surface area contributed by atoms with E-state index in [1.807, 2.05) is 20.8 Å². The second-order valence-electron chi connectivity index (χ2n) is 5.76. The number of carbonyl (C=O) groups excluding carboxylic acids is 1. The first kappa shape index (κ1) is 17.5. The maximum atomic E-state index is 12.2. The highest BCUT2D eigenvalue weighted by atomic mass is 79.9. The van der Waals surface area contributed by atoms with Crippen molar-refractivity contribution in [1.82, 2.24) is 5.32 Å². The van der Waals surface area contributed by atoms with Crippen molar-refractivity contribution in [3.63, 3.8) is 0 Å². The Kier molecular flexibility index (Phi) is 5.27. The van der Waals surface area contributed by atoms with Gasteiger partial charge in [0.15, 0.2) is 0 Å². The molecule has 0 bridgehead atoms. The molecule has 0 radical (unpaired) electrons. The number of nitrogens with one attached hydrogen (secondary N) is 1. The third-order valence-electron chi connectivity index (χ3n) is 2.62. The maximum Gasteiger partial charge on any atom is 0.261 e. The van der Waals surface area contributed by atoms with Crippen LogP contribution in [0.4, 0.5) is 0 Å². The van der Waals surface area contributed by atoms with Crippen molar-refractivity contribution in [2.45, 2.75) is 32.6 Å². The zero-order valence-electron chi connectivity index (χ0n) is 11.8. The molecule has 4 nitrogen and oxygen atoms in total. The van der Waals surface area contributed by atoms with Crippen LogP contribution in [-0.2, 0) is 9.05 Å². The topological polar surface area (TPSA) is 63.2 Å². The average Bonchev–Trinajstić information content (AvgIpc) is 2.27. The molecule has 0 atom stereocenters. The molecule has 1 aromatic carbocycles. The van der Waals surface area contributed by atoms with E-state index in [4.69, 9.17) is 10.7 Å². The zero-order valence-corrected chi connectivity index (χ0v) is 14.9.